The first-order valence-corrected chi connectivity index (χ1v) is 7.58. The molecule has 2 aromatic heterocycles. The molecule has 6 nitrogen and oxygen atoms in total. The molecule has 3 rings (SSSR count). The number of ether oxygens (including phenoxy) is 1. The van der Waals surface area contributed by atoms with Crippen molar-refractivity contribution in [1.82, 2.24) is 14.8 Å². The van der Waals surface area contributed by atoms with Crippen LogP contribution < -0.4 is 10.1 Å². The summed E-state index contributed by atoms with van der Waals surface area (Å²) < 4.78 is 7.26. The first-order chi connectivity index (χ1) is 10.7. The van der Waals surface area contributed by atoms with E-state index in [2.05, 4.69) is 15.4 Å². The smallest absolute Gasteiger partial charge is 0.266 e. The predicted molar refractivity (Wildman–Crippen MR) is 84.4 cm³/mol. The number of nitrogens with one attached hydrogen (secondary N) is 1. The molecule has 1 N–H and O–H groups in total. The van der Waals surface area contributed by atoms with E-state index in [-0.39, 0.29) is 5.91 Å². The number of rotatable bonds is 5. The van der Waals surface area contributed by atoms with Gasteiger partial charge in [0.25, 0.3) is 5.91 Å². The Morgan fingerprint density at radius 2 is 2.14 bits per heavy atom. The minimum Gasteiger partial charge on any atom is -0.463 e. The van der Waals surface area contributed by atoms with E-state index < -0.39 is 6.10 Å². The molecule has 0 fully saturated rings. The van der Waals surface area contributed by atoms with E-state index in [0.29, 0.717) is 11.0 Å². The molecule has 3 aromatic rings. The minimum absolute atomic E-state index is 0.260. The van der Waals surface area contributed by atoms with E-state index in [1.807, 2.05) is 30.3 Å². The van der Waals surface area contributed by atoms with Gasteiger partial charge < -0.3 is 4.74 Å². The van der Waals surface area contributed by atoms with Crippen LogP contribution >= 0.6 is 11.3 Å². The SMILES string of the molecule is C[C@H](Oc1ccn(-c2ccccc2)n1)C(=O)Nc1nccs1. The molecule has 0 saturated carbocycles. The second-order valence-corrected chi connectivity index (χ2v) is 5.42. The number of carbonyl (C=O) groups excluding carboxylic acids is 1. The third-order valence-corrected chi connectivity index (χ3v) is 3.60. The van der Waals surface area contributed by atoms with Crippen molar-refractivity contribution < 1.29 is 9.53 Å². The molecular weight excluding hydrogens is 300 g/mol. The highest BCUT2D eigenvalue weighted by Crippen LogP contribution is 2.15. The largest absolute Gasteiger partial charge is 0.463 e. The molecular formula is C15H14N4O2S. The van der Waals surface area contributed by atoms with Gasteiger partial charge in [-0.25, -0.2) is 9.67 Å². The van der Waals surface area contributed by atoms with Crippen molar-refractivity contribution in [1.29, 1.82) is 0 Å². The van der Waals surface area contributed by atoms with Crippen LogP contribution in [0.2, 0.25) is 0 Å². The normalized spacial score (nSPS) is 11.9. The molecule has 0 aliphatic carbocycles. The summed E-state index contributed by atoms with van der Waals surface area (Å²) in [5.74, 6) is 0.134. The van der Waals surface area contributed by atoms with Crippen molar-refractivity contribution in [3.63, 3.8) is 0 Å². The zero-order chi connectivity index (χ0) is 15.4. The second-order valence-electron chi connectivity index (χ2n) is 4.52. The summed E-state index contributed by atoms with van der Waals surface area (Å²) in [6.45, 7) is 1.67. The van der Waals surface area contributed by atoms with E-state index in [4.69, 9.17) is 4.74 Å². The Kier molecular flexibility index (Phi) is 4.15. The summed E-state index contributed by atoms with van der Waals surface area (Å²) in [4.78, 5) is 16.0. The standard InChI is InChI=1S/C15H14N4O2S/c1-11(14(20)17-15-16-8-10-22-15)21-13-7-9-19(18-13)12-5-3-2-4-6-12/h2-11H,1H3,(H,16,17,20)/t11-/m0/s1. The van der Waals surface area contributed by atoms with E-state index in [1.165, 1.54) is 11.3 Å². The molecule has 0 radical (unpaired) electrons. The Morgan fingerprint density at radius 1 is 1.32 bits per heavy atom. The van der Waals surface area contributed by atoms with Crippen molar-refractivity contribution in [2.45, 2.75) is 13.0 Å². The predicted octanol–water partition coefficient (Wildman–Crippen LogP) is 2.73. The average molecular weight is 314 g/mol. The maximum Gasteiger partial charge on any atom is 0.266 e. The van der Waals surface area contributed by atoms with Crippen LogP contribution in [0.25, 0.3) is 5.69 Å². The number of thiazole rings is 1. The van der Waals surface area contributed by atoms with Crippen LogP contribution in [0.1, 0.15) is 6.92 Å². The molecule has 7 heteroatoms. The van der Waals surface area contributed by atoms with Gasteiger partial charge in [0.05, 0.1) is 5.69 Å². The lowest BCUT2D eigenvalue weighted by atomic mass is 10.3. The van der Waals surface area contributed by atoms with Crippen LogP contribution in [0.4, 0.5) is 5.13 Å². The Labute approximate surface area is 131 Å². The number of benzene rings is 1. The molecule has 0 aliphatic heterocycles. The molecule has 0 unspecified atom stereocenters. The summed E-state index contributed by atoms with van der Waals surface area (Å²) in [6, 6.07) is 11.4. The maximum absolute atomic E-state index is 12.0. The van der Waals surface area contributed by atoms with Crippen LogP contribution in [-0.4, -0.2) is 26.8 Å². The number of para-hydroxylation sites is 1. The average Bonchev–Trinajstić information content (AvgIpc) is 3.20. The van der Waals surface area contributed by atoms with Gasteiger partial charge in [0, 0.05) is 23.8 Å². The van der Waals surface area contributed by atoms with Gasteiger partial charge in [0.15, 0.2) is 11.2 Å². The Bertz CT molecular complexity index is 740. The van der Waals surface area contributed by atoms with E-state index in [9.17, 15) is 4.79 Å². The quantitative estimate of drug-likeness (QED) is 0.786. The fraction of sp³-hybridized carbons (Fsp3) is 0.133. The molecule has 2 heterocycles. The van der Waals surface area contributed by atoms with Crippen molar-refractivity contribution in [3.05, 3.63) is 54.2 Å². The lowest BCUT2D eigenvalue weighted by Crippen LogP contribution is -2.30. The van der Waals surface area contributed by atoms with Crippen molar-refractivity contribution in [3.8, 4) is 11.6 Å². The van der Waals surface area contributed by atoms with Gasteiger partial charge in [-0.2, -0.15) is 0 Å². The lowest BCUT2D eigenvalue weighted by molar-refractivity contribution is -0.122. The zero-order valence-electron chi connectivity index (χ0n) is 11.8. The van der Waals surface area contributed by atoms with Gasteiger partial charge in [-0.15, -0.1) is 16.4 Å². The van der Waals surface area contributed by atoms with Gasteiger partial charge in [-0.05, 0) is 19.1 Å². The number of anilines is 1. The van der Waals surface area contributed by atoms with E-state index >= 15 is 0 Å². The molecule has 1 aromatic carbocycles. The third kappa shape index (κ3) is 3.32. The van der Waals surface area contributed by atoms with Crippen LogP contribution in [0.15, 0.2) is 54.2 Å². The highest BCUT2D eigenvalue weighted by molar-refractivity contribution is 7.13. The Morgan fingerprint density at radius 3 is 2.86 bits per heavy atom. The second kappa shape index (κ2) is 6.40. The number of aromatic nitrogens is 3. The first kappa shape index (κ1) is 14.3. The summed E-state index contributed by atoms with van der Waals surface area (Å²) in [5.41, 5.74) is 0.928. The zero-order valence-corrected chi connectivity index (χ0v) is 12.7. The Balaban J connectivity index is 1.63. The van der Waals surface area contributed by atoms with Crippen molar-refractivity contribution in [2.75, 3.05) is 5.32 Å². The van der Waals surface area contributed by atoms with Crippen LogP contribution in [0.3, 0.4) is 0 Å². The lowest BCUT2D eigenvalue weighted by Gasteiger charge is -2.11. The van der Waals surface area contributed by atoms with Crippen LogP contribution in [0, 0.1) is 0 Å². The minimum atomic E-state index is -0.664. The topological polar surface area (TPSA) is 69.0 Å². The molecule has 1 amide bonds. The molecule has 1 atom stereocenters. The number of hydrogen-bond donors (Lipinski definition) is 1. The van der Waals surface area contributed by atoms with Gasteiger partial charge in [-0.3, -0.25) is 10.1 Å². The third-order valence-electron chi connectivity index (χ3n) is 2.91. The fourth-order valence-corrected chi connectivity index (χ4v) is 2.35. The molecule has 22 heavy (non-hydrogen) atoms. The van der Waals surface area contributed by atoms with Crippen LogP contribution in [-0.2, 0) is 4.79 Å². The fourth-order valence-electron chi connectivity index (χ4n) is 1.82. The molecule has 0 spiro atoms. The van der Waals surface area contributed by atoms with Crippen LogP contribution in [0.5, 0.6) is 5.88 Å². The number of hydrogen-bond acceptors (Lipinski definition) is 5. The monoisotopic (exact) mass is 314 g/mol. The molecule has 112 valence electrons. The first-order valence-electron chi connectivity index (χ1n) is 6.70. The highest BCUT2D eigenvalue weighted by Gasteiger charge is 2.17. The van der Waals surface area contributed by atoms with Gasteiger partial charge in [-0.1, -0.05) is 18.2 Å². The van der Waals surface area contributed by atoms with Gasteiger partial charge in [0.2, 0.25) is 5.88 Å². The summed E-state index contributed by atoms with van der Waals surface area (Å²) in [7, 11) is 0. The molecule has 0 aliphatic rings. The summed E-state index contributed by atoms with van der Waals surface area (Å²) in [5, 5.41) is 9.34. The Hall–Kier alpha value is -2.67. The van der Waals surface area contributed by atoms with Crippen molar-refractivity contribution in [2.24, 2.45) is 0 Å². The van der Waals surface area contributed by atoms with Gasteiger partial charge in [0.1, 0.15) is 0 Å². The van der Waals surface area contributed by atoms with Gasteiger partial charge >= 0.3 is 0 Å². The summed E-state index contributed by atoms with van der Waals surface area (Å²) in [6.07, 6.45) is 2.76. The van der Waals surface area contributed by atoms with Crippen molar-refractivity contribution >= 4 is 22.4 Å². The highest BCUT2D eigenvalue weighted by atomic mass is 32.1. The number of amides is 1. The van der Waals surface area contributed by atoms with E-state index in [1.54, 1.807) is 35.4 Å². The molecule has 0 saturated heterocycles. The van der Waals surface area contributed by atoms with E-state index in [0.717, 1.165) is 5.69 Å². The number of nitrogens with zero attached hydrogens (tertiary/aromatic N) is 3. The maximum atomic E-state index is 12.0. The summed E-state index contributed by atoms with van der Waals surface area (Å²) >= 11 is 1.36. The number of carbonyl (C=O) groups is 1. The molecule has 0 bridgehead atoms.